The molecule has 0 fully saturated rings. The Labute approximate surface area is 184 Å². The van der Waals surface area contributed by atoms with Crippen molar-refractivity contribution in [2.75, 3.05) is 31.1 Å². The van der Waals surface area contributed by atoms with Gasteiger partial charge in [-0.3, -0.25) is 4.79 Å². The van der Waals surface area contributed by atoms with E-state index in [1.807, 2.05) is 49.6 Å². The van der Waals surface area contributed by atoms with Gasteiger partial charge in [-0.2, -0.15) is 5.10 Å². The molecule has 0 spiro atoms. The highest BCUT2D eigenvalue weighted by molar-refractivity contribution is 8.32. The highest BCUT2D eigenvalue weighted by Gasteiger charge is 2.21. The van der Waals surface area contributed by atoms with Crippen molar-refractivity contribution >= 4 is 27.3 Å². The lowest BCUT2D eigenvalue weighted by Crippen LogP contribution is -2.30. The molecule has 0 aliphatic rings. The molecule has 0 bridgehead atoms. The summed E-state index contributed by atoms with van der Waals surface area (Å²) in [5.74, 6) is 0.885. The van der Waals surface area contributed by atoms with Crippen LogP contribution in [0.2, 0.25) is 0 Å². The maximum absolute atomic E-state index is 12.8. The largest absolute Gasteiger partial charge is 0.358 e. The van der Waals surface area contributed by atoms with Crippen molar-refractivity contribution in [2.24, 2.45) is 0 Å². The third-order valence-electron chi connectivity index (χ3n) is 4.27. The molecule has 3 rings (SSSR count). The normalized spacial score (nSPS) is 12.3. The molecule has 1 N–H and O–H groups in total. The van der Waals surface area contributed by atoms with E-state index in [0.29, 0.717) is 24.6 Å². The van der Waals surface area contributed by atoms with Crippen LogP contribution in [0.5, 0.6) is 0 Å². The minimum Gasteiger partial charge on any atom is -0.358 e. The fraction of sp³-hybridized carbons (Fsp3) is 0.409. The van der Waals surface area contributed by atoms with Crippen molar-refractivity contribution in [3.8, 4) is 22.0 Å². The van der Waals surface area contributed by atoms with Gasteiger partial charge in [-0.05, 0) is 32.6 Å². The molecule has 0 saturated heterocycles. The number of carbonyl (C=O) groups is 1. The van der Waals surface area contributed by atoms with Crippen molar-refractivity contribution < 1.29 is 9.53 Å². The third-order valence-corrected chi connectivity index (χ3v) is 6.51. The predicted molar refractivity (Wildman–Crippen MR) is 128 cm³/mol. The fourth-order valence-corrected chi connectivity index (χ4v) is 4.19. The Morgan fingerprint density at radius 2 is 1.97 bits per heavy atom. The summed E-state index contributed by atoms with van der Waals surface area (Å²) in [4.78, 5) is 17.5. The van der Waals surface area contributed by atoms with Crippen molar-refractivity contribution in [1.82, 2.24) is 20.1 Å². The number of amides is 1. The molecule has 1 amide bonds. The van der Waals surface area contributed by atoms with Crippen LogP contribution in [0.25, 0.3) is 22.0 Å². The molecule has 2 heterocycles. The first-order valence-corrected chi connectivity index (χ1v) is 13.8. The second-order valence-corrected chi connectivity index (χ2v) is 13.7. The molecule has 0 unspecified atom stereocenters. The number of nitrogens with one attached hydrogen (secondary N) is 1. The second-order valence-electron chi connectivity index (χ2n) is 8.30. The molecular formula is C22H30N4O2S2. The van der Waals surface area contributed by atoms with Gasteiger partial charge in [-0.25, -0.2) is 19.7 Å². The van der Waals surface area contributed by atoms with Gasteiger partial charge in [0.25, 0.3) is 5.91 Å². The summed E-state index contributed by atoms with van der Waals surface area (Å²) in [5, 5.41) is 10.3. The average Bonchev–Trinajstić information content (AvgIpc) is 3.32. The molecule has 3 aromatic rings. The smallest absolute Gasteiger partial charge is 0.255 e. The number of thiazole rings is 1. The fourth-order valence-electron chi connectivity index (χ4n) is 2.74. The van der Waals surface area contributed by atoms with Crippen LogP contribution < -0.4 is 5.32 Å². The van der Waals surface area contributed by atoms with Crippen LogP contribution >= 0.6 is 21.4 Å². The SMILES string of the molecule is CC(C)NC(=O)c1cn(COCCS(C)(C)C)nc1-c1nc(-c2ccccc2)cs1. The van der Waals surface area contributed by atoms with Crippen LogP contribution in [0.4, 0.5) is 0 Å². The van der Waals surface area contributed by atoms with Crippen LogP contribution in [0.15, 0.2) is 41.9 Å². The molecule has 0 saturated carbocycles. The monoisotopic (exact) mass is 446 g/mol. The minimum absolute atomic E-state index is 0.0379. The Morgan fingerprint density at radius 1 is 1.23 bits per heavy atom. The lowest BCUT2D eigenvalue weighted by atomic mass is 10.2. The number of hydrogen-bond acceptors (Lipinski definition) is 5. The molecule has 0 radical (unpaired) electrons. The summed E-state index contributed by atoms with van der Waals surface area (Å²) in [6, 6.07) is 10.0. The standard InChI is InChI=1S/C22H30N4O2S2/c1-16(2)23-21(27)18-13-26(15-28-11-12-30(3,4)5)25-20(18)22-24-19(14-29-22)17-9-7-6-8-10-17/h6-10,13-14,16H,11-12,15H2,1-5H3,(H,23,27). The molecule has 30 heavy (non-hydrogen) atoms. The van der Waals surface area contributed by atoms with Crippen LogP contribution in [0.3, 0.4) is 0 Å². The number of rotatable bonds is 9. The van der Waals surface area contributed by atoms with Crippen LogP contribution in [-0.2, 0) is 11.5 Å². The Kier molecular flexibility index (Phi) is 7.33. The highest BCUT2D eigenvalue weighted by Crippen LogP contribution is 2.33. The number of hydrogen-bond donors (Lipinski definition) is 1. The van der Waals surface area contributed by atoms with Gasteiger partial charge in [0.2, 0.25) is 0 Å². The highest BCUT2D eigenvalue weighted by atomic mass is 32.3. The zero-order chi connectivity index (χ0) is 21.7. The van der Waals surface area contributed by atoms with Crippen molar-refractivity contribution in [1.29, 1.82) is 0 Å². The lowest BCUT2D eigenvalue weighted by molar-refractivity contribution is 0.0808. The minimum atomic E-state index is -0.602. The van der Waals surface area contributed by atoms with Crippen LogP contribution in [-0.4, -0.2) is 57.8 Å². The van der Waals surface area contributed by atoms with E-state index in [2.05, 4.69) is 29.2 Å². The average molecular weight is 447 g/mol. The van der Waals surface area contributed by atoms with Crippen molar-refractivity contribution in [3.63, 3.8) is 0 Å². The molecule has 6 nitrogen and oxygen atoms in total. The van der Waals surface area contributed by atoms with E-state index in [4.69, 9.17) is 9.72 Å². The zero-order valence-electron chi connectivity index (χ0n) is 18.2. The quantitative estimate of drug-likeness (QED) is 0.492. The van der Waals surface area contributed by atoms with E-state index in [-0.39, 0.29) is 11.9 Å². The first-order valence-electron chi connectivity index (χ1n) is 9.86. The van der Waals surface area contributed by atoms with Gasteiger partial charge in [0.05, 0.1) is 17.9 Å². The Hall–Kier alpha value is -2.16. The molecule has 0 aliphatic carbocycles. The van der Waals surface area contributed by atoms with Gasteiger partial charge < -0.3 is 10.1 Å². The van der Waals surface area contributed by atoms with E-state index in [9.17, 15) is 4.79 Å². The van der Waals surface area contributed by atoms with E-state index >= 15 is 0 Å². The number of aromatic nitrogens is 3. The predicted octanol–water partition coefficient (Wildman–Crippen LogP) is 4.48. The molecule has 0 atom stereocenters. The van der Waals surface area contributed by atoms with E-state index in [1.54, 1.807) is 10.9 Å². The van der Waals surface area contributed by atoms with E-state index in [0.717, 1.165) is 22.0 Å². The topological polar surface area (TPSA) is 69.0 Å². The number of benzene rings is 1. The lowest BCUT2D eigenvalue weighted by Gasteiger charge is -2.24. The molecule has 0 aliphatic heterocycles. The first kappa shape index (κ1) is 22.5. The summed E-state index contributed by atoms with van der Waals surface area (Å²) < 4.78 is 7.49. The van der Waals surface area contributed by atoms with Crippen molar-refractivity contribution in [3.05, 3.63) is 47.5 Å². The maximum atomic E-state index is 12.8. The Bertz CT molecular complexity index is 975. The molecule has 2 aromatic heterocycles. The molecular weight excluding hydrogens is 416 g/mol. The number of carbonyl (C=O) groups excluding carboxylic acids is 1. The maximum Gasteiger partial charge on any atom is 0.255 e. The summed E-state index contributed by atoms with van der Waals surface area (Å²) in [7, 11) is -0.602. The molecule has 162 valence electrons. The number of nitrogens with zero attached hydrogens (tertiary/aromatic N) is 3. The van der Waals surface area contributed by atoms with Gasteiger partial charge >= 0.3 is 0 Å². The van der Waals surface area contributed by atoms with Crippen molar-refractivity contribution in [2.45, 2.75) is 26.6 Å². The van der Waals surface area contributed by atoms with Gasteiger partial charge in [-0.1, -0.05) is 30.3 Å². The van der Waals surface area contributed by atoms with Gasteiger partial charge in [0, 0.05) is 28.9 Å². The summed E-state index contributed by atoms with van der Waals surface area (Å²) in [5.41, 5.74) is 3.03. The van der Waals surface area contributed by atoms with E-state index < -0.39 is 10.0 Å². The Balaban J connectivity index is 1.83. The first-order chi connectivity index (χ1) is 14.2. The summed E-state index contributed by atoms with van der Waals surface area (Å²) in [6.45, 7) is 4.87. The second kappa shape index (κ2) is 9.76. The summed E-state index contributed by atoms with van der Waals surface area (Å²) >= 11 is 1.49. The summed E-state index contributed by atoms with van der Waals surface area (Å²) in [6.07, 6.45) is 8.55. The van der Waals surface area contributed by atoms with E-state index in [1.165, 1.54) is 11.3 Å². The van der Waals surface area contributed by atoms with Gasteiger partial charge in [-0.15, -0.1) is 11.3 Å². The molecule has 1 aromatic carbocycles. The number of ether oxygens (including phenoxy) is 1. The van der Waals surface area contributed by atoms with Crippen LogP contribution in [0.1, 0.15) is 24.2 Å². The third kappa shape index (κ3) is 6.17. The Morgan fingerprint density at radius 3 is 2.63 bits per heavy atom. The zero-order valence-corrected chi connectivity index (χ0v) is 19.8. The van der Waals surface area contributed by atoms with Gasteiger partial charge in [0.1, 0.15) is 17.4 Å². The van der Waals surface area contributed by atoms with Gasteiger partial charge in [0.15, 0.2) is 0 Å². The molecule has 8 heteroatoms. The van der Waals surface area contributed by atoms with Crippen LogP contribution in [0, 0.1) is 0 Å².